The standard InChI is InChI=1S/C16H19N3O2S/c1-10(16-18-11(2)19-21-16)17-15(20)9-22-14-7-6-12-4-3-5-13(12)8-14/h6-8,10H,3-5,9H2,1-2H3,(H,17,20)/t10-/m0/s1. The third kappa shape index (κ3) is 3.50. The zero-order chi connectivity index (χ0) is 15.5. The molecule has 1 aromatic heterocycles. The van der Waals surface area contributed by atoms with Crippen molar-refractivity contribution in [2.24, 2.45) is 0 Å². The number of nitrogens with one attached hydrogen (secondary N) is 1. The molecule has 0 bridgehead atoms. The summed E-state index contributed by atoms with van der Waals surface area (Å²) in [7, 11) is 0. The van der Waals surface area contributed by atoms with Gasteiger partial charge in [-0.15, -0.1) is 11.8 Å². The van der Waals surface area contributed by atoms with Crippen molar-refractivity contribution in [1.82, 2.24) is 15.5 Å². The lowest BCUT2D eigenvalue weighted by atomic mass is 10.1. The Kier molecular flexibility index (Phi) is 4.47. The fourth-order valence-corrected chi connectivity index (χ4v) is 3.39. The summed E-state index contributed by atoms with van der Waals surface area (Å²) in [6, 6.07) is 6.24. The second-order valence-corrected chi connectivity index (χ2v) is 6.59. The molecule has 0 radical (unpaired) electrons. The van der Waals surface area contributed by atoms with Crippen molar-refractivity contribution in [2.45, 2.75) is 44.0 Å². The highest BCUT2D eigenvalue weighted by Gasteiger charge is 2.16. The lowest BCUT2D eigenvalue weighted by Crippen LogP contribution is -2.28. The third-order valence-electron chi connectivity index (χ3n) is 3.73. The van der Waals surface area contributed by atoms with E-state index in [4.69, 9.17) is 4.52 Å². The molecule has 1 N–H and O–H groups in total. The quantitative estimate of drug-likeness (QED) is 0.859. The van der Waals surface area contributed by atoms with Gasteiger partial charge >= 0.3 is 0 Å². The smallest absolute Gasteiger partial charge is 0.248 e. The highest BCUT2D eigenvalue weighted by atomic mass is 32.2. The number of nitrogens with zero attached hydrogens (tertiary/aromatic N) is 2. The van der Waals surface area contributed by atoms with Gasteiger partial charge in [0.15, 0.2) is 5.82 Å². The fourth-order valence-electron chi connectivity index (χ4n) is 2.62. The Bertz CT molecular complexity index is 684. The van der Waals surface area contributed by atoms with Gasteiger partial charge in [0.1, 0.15) is 6.04 Å². The average Bonchev–Trinajstić information content (AvgIpc) is 3.13. The van der Waals surface area contributed by atoms with E-state index in [-0.39, 0.29) is 11.9 Å². The number of hydrogen-bond acceptors (Lipinski definition) is 5. The molecule has 1 aliphatic carbocycles. The number of amides is 1. The summed E-state index contributed by atoms with van der Waals surface area (Å²) >= 11 is 1.56. The molecule has 0 aliphatic heterocycles. The van der Waals surface area contributed by atoms with Crippen LogP contribution in [-0.4, -0.2) is 21.8 Å². The van der Waals surface area contributed by atoms with E-state index in [0.717, 1.165) is 11.3 Å². The maximum absolute atomic E-state index is 12.0. The van der Waals surface area contributed by atoms with E-state index in [1.54, 1.807) is 18.7 Å². The van der Waals surface area contributed by atoms with Gasteiger partial charge in [-0.3, -0.25) is 4.79 Å². The van der Waals surface area contributed by atoms with Crippen LogP contribution in [-0.2, 0) is 17.6 Å². The molecule has 22 heavy (non-hydrogen) atoms. The van der Waals surface area contributed by atoms with Crippen molar-refractivity contribution < 1.29 is 9.32 Å². The Labute approximate surface area is 133 Å². The van der Waals surface area contributed by atoms with Crippen molar-refractivity contribution in [2.75, 3.05) is 5.75 Å². The molecule has 6 heteroatoms. The third-order valence-corrected chi connectivity index (χ3v) is 4.72. The molecule has 1 heterocycles. The second-order valence-electron chi connectivity index (χ2n) is 5.54. The molecule has 0 fully saturated rings. The van der Waals surface area contributed by atoms with E-state index in [1.807, 2.05) is 6.92 Å². The minimum absolute atomic E-state index is 0.0335. The molecule has 1 atom stereocenters. The number of aromatic nitrogens is 2. The normalized spacial score (nSPS) is 14.6. The Balaban J connectivity index is 1.52. The fraction of sp³-hybridized carbons (Fsp3) is 0.438. The second kappa shape index (κ2) is 6.52. The number of aryl methyl sites for hydroxylation is 3. The van der Waals surface area contributed by atoms with Crippen molar-refractivity contribution in [3.8, 4) is 0 Å². The van der Waals surface area contributed by atoms with Gasteiger partial charge in [0, 0.05) is 4.90 Å². The van der Waals surface area contributed by atoms with E-state index in [0.29, 0.717) is 17.5 Å². The zero-order valence-electron chi connectivity index (χ0n) is 12.8. The molecule has 0 saturated heterocycles. The number of thioether (sulfide) groups is 1. The van der Waals surface area contributed by atoms with Gasteiger partial charge in [-0.1, -0.05) is 11.2 Å². The molecule has 3 rings (SSSR count). The summed E-state index contributed by atoms with van der Waals surface area (Å²) in [5.74, 6) is 1.36. The lowest BCUT2D eigenvalue weighted by molar-refractivity contribution is -0.119. The summed E-state index contributed by atoms with van der Waals surface area (Å²) in [6.45, 7) is 3.59. The monoisotopic (exact) mass is 317 g/mol. The lowest BCUT2D eigenvalue weighted by Gasteiger charge is -2.10. The average molecular weight is 317 g/mol. The molecule has 0 spiro atoms. The summed E-state index contributed by atoms with van der Waals surface area (Å²) in [6.07, 6.45) is 3.58. The predicted molar refractivity (Wildman–Crippen MR) is 84.8 cm³/mol. The highest BCUT2D eigenvalue weighted by molar-refractivity contribution is 8.00. The number of carbonyl (C=O) groups is 1. The Hall–Kier alpha value is -1.82. The Morgan fingerprint density at radius 1 is 1.41 bits per heavy atom. The highest BCUT2D eigenvalue weighted by Crippen LogP contribution is 2.27. The Morgan fingerprint density at radius 3 is 3.00 bits per heavy atom. The van der Waals surface area contributed by atoms with Gasteiger partial charge < -0.3 is 9.84 Å². The molecule has 116 valence electrons. The molecule has 1 amide bonds. The molecular formula is C16H19N3O2S. The molecule has 1 aliphatic rings. The minimum atomic E-state index is -0.269. The summed E-state index contributed by atoms with van der Waals surface area (Å²) in [4.78, 5) is 17.3. The first-order chi connectivity index (χ1) is 10.6. The first-order valence-corrected chi connectivity index (χ1v) is 8.44. The molecule has 5 nitrogen and oxygen atoms in total. The molecule has 1 aromatic carbocycles. The van der Waals surface area contributed by atoms with E-state index in [2.05, 4.69) is 33.7 Å². The zero-order valence-corrected chi connectivity index (χ0v) is 13.6. The maximum Gasteiger partial charge on any atom is 0.248 e. The van der Waals surface area contributed by atoms with Gasteiger partial charge in [-0.2, -0.15) is 4.98 Å². The predicted octanol–water partition coefficient (Wildman–Crippen LogP) is 2.84. The minimum Gasteiger partial charge on any atom is -0.344 e. The van der Waals surface area contributed by atoms with Crippen molar-refractivity contribution in [3.63, 3.8) is 0 Å². The summed E-state index contributed by atoms with van der Waals surface area (Å²) in [5, 5.41) is 6.61. The van der Waals surface area contributed by atoms with Gasteiger partial charge in [0.2, 0.25) is 11.8 Å². The number of rotatable bonds is 5. The number of benzene rings is 1. The topological polar surface area (TPSA) is 68.0 Å². The van der Waals surface area contributed by atoms with E-state index >= 15 is 0 Å². The van der Waals surface area contributed by atoms with Crippen LogP contribution < -0.4 is 5.32 Å². The first-order valence-electron chi connectivity index (χ1n) is 7.46. The number of hydrogen-bond donors (Lipinski definition) is 1. The van der Waals surface area contributed by atoms with E-state index in [1.165, 1.54) is 24.0 Å². The van der Waals surface area contributed by atoms with Crippen LogP contribution in [0.1, 0.15) is 42.2 Å². The van der Waals surface area contributed by atoms with Crippen molar-refractivity contribution >= 4 is 17.7 Å². The van der Waals surface area contributed by atoms with Crippen LogP contribution in [0.15, 0.2) is 27.6 Å². The van der Waals surface area contributed by atoms with Crippen molar-refractivity contribution in [3.05, 3.63) is 41.0 Å². The van der Waals surface area contributed by atoms with Gasteiger partial charge in [-0.05, 0) is 56.4 Å². The molecule has 0 unspecified atom stereocenters. The van der Waals surface area contributed by atoms with Crippen molar-refractivity contribution in [1.29, 1.82) is 0 Å². The van der Waals surface area contributed by atoms with Gasteiger partial charge in [-0.25, -0.2) is 0 Å². The van der Waals surface area contributed by atoms with Crippen LogP contribution in [0.5, 0.6) is 0 Å². The Morgan fingerprint density at radius 2 is 2.23 bits per heavy atom. The van der Waals surface area contributed by atoms with Crippen LogP contribution >= 0.6 is 11.8 Å². The number of fused-ring (bicyclic) bond motifs is 1. The van der Waals surface area contributed by atoms with E-state index < -0.39 is 0 Å². The molecule has 2 aromatic rings. The van der Waals surface area contributed by atoms with Gasteiger partial charge in [0.05, 0.1) is 5.75 Å². The largest absolute Gasteiger partial charge is 0.344 e. The van der Waals surface area contributed by atoms with Crippen LogP contribution in [0.2, 0.25) is 0 Å². The summed E-state index contributed by atoms with van der Waals surface area (Å²) in [5.41, 5.74) is 2.88. The van der Waals surface area contributed by atoms with Crippen LogP contribution in [0.25, 0.3) is 0 Å². The maximum atomic E-state index is 12.0. The first kappa shape index (κ1) is 15.1. The van der Waals surface area contributed by atoms with Crippen LogP contribution in [0.4, 0.5) is 0 Å². The van der Waals surface area contributed by atoms with Gasteiger partial charge in [0.25, 0.3) is 0 Å². The number of carbonyl (C=O) groups excluding carboxylic acids is 1. The molecule has 0 saturated carbocycles. The van der Waals surface area contributed by atoms with Crippen LogP contribution in [0.3, 0.4) is 0 Å². The summed E-state index contributed by atoms with van der Waals surface area (Å²) < 4.78 is 5.06. The van der Waals surface area contributed by atoms with Crippen LogP contribution in [0, 0.1) is 6.92 Å². The molecular weight excluding hydrogens is 298 g/mol. The SMILES string of the molecule is Cc1noc([C@H](C)NC(=O)CSc2ccc3c(c2)CCC3)n1. The van der Waals surface area contributed by atoms with E-state index in [9.17, 15) is 4.79 Å².